The smallest absolute Gasteiger partial charge is 0.410 e. The minimum Gasteiger partial charge on any atom is -0.444 e. The lowest BCUT2D eigenvalue weighted by molar-refractivity contribution is 0.0165. The quantitative estimate of drug-likeness (QED) is 0.566. The molecule has 31 heavy (non-hydrogen) atoms. The Morgan fingerprint density at radius 3 is 2.42 bits per heavy atom. The van der Waals surface area contributed by atoms with Crippen LogP contribution < -0.4 is 0 Å². The number of hydrogen-bond donors (Lipinski definition) is 0. The average molecular weight is 444 g/mol. The number of piperidine rings is 1. The van der Waals surface area contributed by atoms with E-state index in [-0.39, 0.29) is 12.1 Å². The lowest BCUT2D eigenvalue weighted by atomic mass is 9.94. The van der Waals surface area contributed by atoms with Gasteiger partial charge in [0.1, 0.15) is 5.60 Å². The van der Waals surface area contributed by atoms with E-state index in [9.17, 15) is 4.79 Å². The highest BCUT2D eigenvalue weighted by Crippen LogP contribution is 2.31. The van der Waals surface area contributed by atoms with Crippen LogP contribution >= 0.6 is 11.6 Å². The molecule has 1 atom stereocenters. The first-order valence-electron chi connectivity index (χ1n) is 11.1. The summed E-state index contributed by atoms with van der Waals surface area (Å²) in [5, 5.41) is 0.737. The Kier molecular flexibility index (Phi) is 7.95. The highest BCUT2D eigenvalue weighted by atomic mass is 35.5. The summed E-state index contributed by atoms with van der Waals surface area (Å²) in [5.41, 5.74) is 1.77. The summed E-state index contributed by atoms with van der Waals surface area (Å²) in [6, 6.07) is 14.2. The van der Waals surface area contributed by atoms with Gasteiger partial charge in [0.15, 0.2) is 0 Å². The molecule has 0 aliphatic carbocycles. The molecule has 1 fully saturated rings. The van der Waals surface area contributed by atoms with Gasteiger partial charge in [-0.2, -0.15) is 0 Å². The van der Waals surface area contributed by atoms with E-state index in [0.29, 0.717) is 5.92 Å². The van der Waals surface area contributed by atoms with Crippen molar-refractivity contribution in [2.75, 3.05) is 26.2 Å². The Morgan fingerprint density at radius 2 is 1.87 bits per heavy atom. The van der Waals surface area contributed by atoms with Crippen molar-refractivity contribution in [2.24, 2.45) is 5.92 Å². The van der Waals surface area contributed by atoms with Gasteiger partial charge in [-0.3, -0.25) is 9.88 Å². The molecule has 0 saturated carbocycles. The average Bonchev–Trinajstić information content (AvgIpc) is 2.74. The Bertz CT molecular complexity index is 828. The number of nitrogens with zero attached hydrogens (tertiary/aromatic N) is 3. The van der Waals surface area contributed by atoms with Crippen LogP contribution in [0.15, 0.2) is 48.7 Å². The van der Waals surface area contributed by atoms with Crippen molar-refractivity contribution in [2.45, 2.75) is 52.2 Å². The van der Waals surface area contributed by atoms with E-state index in [1.807, 2.05) is 56.1 Å². The maximum Gasteiger partial charge on any atom is 0.410 e. The number of pyridine rings is 1. The summed E-state index contributed by atoms with van der Waals surface area (Å²) in [6.07, 6.45) is 3.60. The van der Waals surface area contributed by atoms with Crippen LogP contribution in [0.25, 0.3) is 0 Å². The number of aromatic nitrogens is 1. The van der Waals surface area contributed by atoms with Gasteiger partial charge >= 0.3 is 6.09 Å². The number of ether oxygens (including phenoxy) is 1. The number of carbonyl (C=O) groups is 1. The second-order valence-electron chi connectivity index (χ2n) is 9.21. The standard InChI is InChI=1S/C25H34ClN3O2/c1-5-28(18-19-13-16-29(17-14-19)24(30)31-25(2,3)4)23(22-8-6-7-15-27-22)20-9-11-21(26)12-10-20/h6-12,15,19,23H,5,13-14,16-18H2,1-4H3. The maximum absolute atomic E-state index is 12.4. The summed E-state index contributed by atoms with van der Waals surface area (Å²) in [7, 11) is 0. The molecule has 0 radical (unpaired) electrons. The lowest BCUT2D eigenvalue weighted by Gasteiger charge is -2.38. The predicted molar refractivity (Wildman–Crippen MR) is 125 cm³/mol. The maximum atomic E-state index is 12.4. The molecular formula is C25H34ClN3O2. The first-order valence-corrected chi connectivity index (χ1v) is 11.5. The fourth-order valence-corrected chi connectivity index (χ4v) is 4.25. The van der Waals surface area contributed by atoms with Crippen molar-refractivity contribution in [3.8, 4) is 0 Å². The topological polar surface area (TPSA) is 45.7 Å². The van der Waals surface area contributed by atoms with Gasteiger partial charge in [0, 0.05) is 30.9 Å². The van der Waals surface area contributed by atoms with Crippen molar-refractivity contribution in [3.05, 3.63) is 64.9 Å². The minimum absolute atomic E-state index is 0.0763. The number of hydrogen-bond acceptors (Lipinski definition) is 4. The first-order chi connectivity index (χ1) is 14.8. The van der Waals surface area contributed by atoms with Crippen LogP contribution in [-0.4, -0.2) is 52.7 Å². The van der Waals surface area contributed by atoms with E-state index in [1.165, 1.54) is 5.56 Å². The second kappa shape index (κ2) is 10.5. The van der Waals surface area contributed by atoms with Crippen LogP contribution in [0.3, 0.4) is 0 Å². The highest BCUT2D eigenvalue weighted by Gasteiger charge is 2.30. The fraction of sp³-hybridized carbons (Fsp3) is 0.520. The van der Waals surface area contributed by atoms with E-state index < -0.39 is 5.60 Å². The third-order valence-corrected chi connectivity index (χ3v) is 5.94. The first kappa shape index (κ1) is 23.6. The summed E-state index contributed by atoms with van der Waals surface area (Å²) >= 11 is 6.14. The molecule has 168 valence electrons. The zero-order chi connectivity index (χ0) is 22.4. The molecule has 1 unspecified atom stereocenters. The molecule has 5 nitrogen and oxygen atoms in total. The fourth-order valence-electron chi connectivity index (χ4n) is 4.12. The molecule has 1 saturated heterocycles. The van der Waals surface area contributed by atoms with Gasteiger partial charge < -0.3 is 9.64 Å². The second-order valence-corrected chi connectivity index (χ2v) is 9.64. The molecule has 1 aromatic heterocycles. The molecule has 1 aliphatic rings. The zero-order valence-corrected chi connectivity index (χ0v) is 19.8. The van der Waals surface area contributed by atoms with E-state index >= 15 is 0 Å². The van der Waals surface area contributed by atoms with E-state index in [4.69, 9.17) is 16.3 Å². The summed E-state index contributed by atoms with van der Waals surface area (Å²) in [4.78, 5) is 21.4. The molecule has 0 bridgehead atoms. The zero-order valence-electron chi connectivity index (χ0n) is 19.1. The largest absolute Gasteiger partial charge is 0.444 e. The number of carbonyl (C=O) groups excluding carboxylic acids is 1. The lowest BCUT2D eigenvalue weighted by Crippen LogP contribution is -2.44. The Balaban J connectivity index is 1.70. The Hall–Kier alpha value is -2.11. The molecule has 0 spiro atoms. The van der Waals surface area contributed by atoms with Gasteiger partial charge in [0.2, 0.25) is 0 Å². The number of benzene rings is 1. The predicted octanol–water partition coefficient (Wildman–Crippen LogP) is 5.79. The van der Waals surface area contributed by atoms with Crippen molar-refractivity contribution in [3.63, 3.8) is 0 Å². The monoisotopic (exact) mass is 443 g/mol. The van der Waals surface area contributed by atoms with Crippen LogP contribution in [0.5, 0.6) is 0 Å². The van der Waals surface area contributed by atoms with E-state index in [1.54, 1.807) is 0 Å². The van der Waals surface area contributed by atoms with Gasteiger partial charge in [0.05, 0.1) is 11.7 Å². The third kappa shape index (κ3) is 6.68. The number of rotatable bonds is 6. The molecule has 3 rings (SSSR count). The molecule has 1 amide bonds. The summed E-state index contributed by atoms with van der Waals surface area (Å²) in [5.74, 6) is 0.525. The molecule has 2 heterocycles. The van der Waals surface area contributed by atoms with Gasteiger partial charge in [-0.15, -0.1) is 0 Å². The summed E-state index contributed by atoms with van der Waals surface area (Å²) < 4.78 is 5.54. The number of amides is 1. The van der Waals surface area contributed by atoms with Crippen molar-refractivity contribution >= 4 is 17.7 Å². The molecule has 1 aliphatic heterocycles. The normalized spacial score (nSPS) is 16.4. The number of halogens is 1. The van der Waals surface area contributed by atoms with Crippen LogP contribution in [-0.2, 0) is 4.74 Å². The highest BCUT2D eigenvalue weighted by molar-refractivity contribution is 6.30. The van der Waals surface area contributed by atoms with Gasteiger partial charge in [-0.1, -0.05) is 36.7 Å². The van der Waals surface area contributed by atoms with Gasteiger partial charge in [-0.25, -0.2) is 4.79 Å². The van der Waals surface area contributed by atoms with Crippen molar-refractivity contribution in [1.82, 2.24) is 14.8 Å². The van der Waals surface area contributed by atoms with E-state index in [2.05, 4.69) is 35.0 Å². The SMILES string of the molecule is CCN(CC1CCN(C(=O)OC(C)(C)C)CC1)C(c1ccc(Cl)cc1)c1ccccn1. The van der Waals surface area contributed by atoms with Crippen LogP contribution in [0, 0.1) is 5.92 Å². The van der Waals surface area contributed by atoms with E-state index in [0.717, 1.165) is 49.7 Å². The van der Waals surface area contributed by atoms with Gasteiger partial charge in [0.25, 0.3) is 0 Å². The van der Waals surface area contributed by atoms with Crippen molar-refractivity contribution < 1.29 is 9.53 Å². The van der Waals surface area contributed by atoms with Gasteiger partial charge in [-0.05, 0) is 75.9 Å². The van der Waals surface area contributed by atoms with Crippen LogP contribution in [0.4, 0.5) is 4.79 Å². The molecule has 1 aromatic carbocycles. The Labute approximate surface area is 191 Å². The third-order valence-electron chi connectivity index (χ3n) is 5.68. The summed E-state index contributed by atoms with van der Waals surface area (Å²) in [6.45, 7) is 11.3. The van der Waals surface area contributed by atoms with Crippen molar-refractivity contribution in [1.29, 1.82) is 0 Å². The minimum atomic E-state index is -0.457. The van der Waals surface area contributed by atoms with Crippen LogP contribution in [0.1, 0.15) is 57.8 Å². The molecule has 2 aromatic rings. The molecular weight excluding hydrogens is 410 g/mol. The number of likely N-dealkylation sites (tertiary alicyclic amines) is 1. The van der Waals surface area contributed by atoms with Crippen LogP contribution in [0.2, 0.25) is 5.02 Å². The molecule has 0 N–H and O–H groups in total. The molecule has 6 heteroatoms. The Morgan fingerprint density at radius 1 is 1.19 bits per heavy atom.